The summed E-state index contributed by atoms with van der Waals surface area (Å²) in [5.41, 5.74) is 5.64. The van der Waals surface area contributed by atoms with Crippen LogP contribution in [-0.2, 0) is 10.0 Å². The molecule has 1 amide bonds. The second-order valence-electron chi connectivity index (χ2n) is 12.9. The van der Waals surface area contributed by atoms with Crippen molar-refractivity contribution in [1.82, 2.24) is 19.2 Å². The minimum Gasteiger partial charge on any atom is -0.396 e. The highest BCUT2D eigenvalue weighted by atomic mass is 35.5. The first-order chi connectivity index (χ1) is 23.7. The number of carbonyl (C=O) groups excluding carboxylic acids is 1. The lowest BCUT2D eigenvalue weighted by Crippen LogP contribution is -2.39. The summed E-state index contributed by atoms with van der Waals surface area (Å²) in [5, 5.41) is 13.1. The van der Waals surface area contributed by atoms with Crippen LogP contribution in [-0.4, -0.2) is 59.5 Å². The first-order valence-corrected chi connectivity index (χ1v) is 18.9. The highest BCUT2D eigenvalue weighted by Crippen LogP contribution is 2.44. The van der Waals surface area contributed by atoms with Gasteiger partial charge in [0.05, 0.1) is 15.9 Å². The average molecular weight is 718 g/mol. The number of piperidine rings is 1. The van der Waals surface area contributed by atoms with Crippen LogP contribution in [0.2, 0.25) is 10.0 Å². The molecule has 1 saturated carbocycles. The number of fused-ring (bicyclic) bond motifs is 1. The van der Waals surface area contributed by atoms with E-state index in [1.807, 2.05) is 24.3 Å². The van der Waals surface area contributed by atoms with Gasteiger partial charge < -0.3 is 15.0 Å². The number of benzene rings is 4. The number of imidazole rings is 1. The molecule has 4 aromatic carbocycles. The summed E-state index contributed by atoms with van der Waals surface area (Å²) < 4.78 is 31.5. The van der Waals surface area contributed by atoms with Gasteiger partial charge in [-0.1, -0.05) is 59.6 Å². The van der Waals surface area contributed by atoms with Gasteiger partial charge >= 0.3 is 0 Å². The SMILES string of the molecule is O=C(NCCCO)c1cccc(S(=O)(=O)N2CCC(n3c(C4CC4)nc4ccc(C(c5ccc(Cl)cc5)c5ccc(Cl)cc5)cc43)CC2)c1. The lowest BCUT2D eigenvalue weighted by molar-refractivity contribution is 0.0951. The van der Waals surface area contributed by atoms with Crippen LogP contribution in [0, 0.1) is 0 Å². The fraction of sp³-hybridized carbons (Fsp3) is 0.316. The van der Waals surface area contributed by atoms with Crippen LogP contribution in [0.25, 0.3) is 11.0 Å². The topological polar surface area (TPSA) is 105 Å². The van der Waals surface area contributed by atoms with Gasteiger partial charge in [0.25, 0.3) is 5.91 Å². The first-order valence-electron chi connectivity index (χ1n) is 16.7. The number of sulfonamides is 1. The maximum absolute atomic E-state index is 13.8. The molecule has 5 aromatic rings. The zero-order valence-corrected chi connectivity index (χ0v) is 29.3. The molecule has 0 spiro atoms. The van der Waals surface area contributed by atoms with Crippen molar-refractivity contribution in [3.8, 4) is 0 Å². The van der Waals surface area contributed by atoms with E-state index in [-0.39, 0.29) is 34.9 Å². The number of rotatable bonds is 11. The number of carbonyl (C=O) groups is 1. The molecular weight excluding hydrogens is 679 g/mol. The van der Waals surface area contributed by atoms with Crippen molar-refractivity contribution in [2.24, 2.45) is 0 Å². The van der Waals surface area contributed by atoms with E-state index in [9.17, 15) is 13.2 Å². The molecule has 0 atom stereocenters. The van der Waals surface area contributed by atoms with E-state index < -0.39 is 10.0 Å². The summed E-state index contributed by atoms with van der Waals surface area (Å²) in [5.74, 6) is 1.08. The van der Waals surface area contributed by atoms with E-state index in [2.05, 4.69) is 52.3 Å². The zero-order chi connectivity index (χ0) is 34.1. The minimum absolute atomic E-state index is 0.0316. The second kappa shape index (κ2) is 14.2. The normalized spacial score (nSPS) is 16.0. The molecule has 0 unspecified atom stereocenters. The van der Waals surface area contributed by atoms with Crippen molar-refractivity contribution in [2.45, 2.75) is 54.9 Å². The van der Waals surface area contributed by atoms with Gasteiger partial charge in [-0.25, -0.2) is 13.4 Å². The summed E-state index contributed by atoms with van der Waals surface area (Å²) in [4.78, 5) is 17.8. The number of aliphatic hydroxyl groups excluding tert-OH is 1. The Morgan fingerprint density at radius 3 is 2.10 bits per heavy atom. The predicted molar refractivity (Wildman–Crippen MR) is 193 cm³/mol. The molecule has 0 bridgehead atoms. The molecule has 8 nitrogen and oxygen atoms in total. The van der Waals surface area contributed by atoms with Crippen LogP contribution in [0.5, 0.6) is 0 Å². The molecule has 2 heterocycles. The van der Waals surface area contributed by atoms with Crippen LogP contribution in [0.3, 0.4) is 0 Å². The van der Waals surface area contributed by atoms with E-state index in [4.69, 9.17) is 33.3 Å². The standard InChI is InChI=1S/C38H38Cl2N4O4S/c39-30-12-7-25(8-13-30)36(26-9-14-31(40)15-10-26)28-11-16-34-35(24-28)44(37(42-34)27-5-6-27)32-17-20-43(21-18-32)49(47,48)33-4-1-3-29(23-33)38(46)41-19-2-22-45/h1,3-4,7-16,23-24,27,32,36,45H,2,5-6,17-22H2,(H,41,46). The number of nitrogens with one attached hydrogen (secondary N) is 1. The van der Waals surface area contributed by atoms with Crippen LogP contribution in [0.15, 0.2) is 95.9 Å². The molecule has 2 N–H and O–H groups in total. The van der Waals surface area contributed by atoms with E-state index in [1.54, 1.807) is 18.2 Å². The fourth-order valence-electron chi connectivity index (χ4n) is 6.88. The number of nitrogens with zero attached hydrogens (tertiary/aromatic N) is 3. The van der Waals surface area contributed by atoms with Gasteiger partial charge in [-0.05, 0) is 103 Å². The van der Waals surface area contributed by atoms with Gasteiger partial charge in [0.2, 0.25) is 10.0 Å². The lowest BCUT2D eigenvalue weighted by atomic mass is 9.85. The van der Waals surface area contributed by atoms with Crippen molar-refractivity contribution in [3.05, 3.63) is 129 Å². The van der Waals surface area contributed by atoms with E-state index in [0.29, 0.717) is 54.9 Å². The first kappa shape index (κ1) is 33.8. The molecular formula is C38H38Cl2N4O4S. The van der Waals surface area contributed by atoms with Crippen LogP contribution < -0.4 is 5.32 Å². The molecule has 1 aliphatic carbocycles. The summed E-state index contributed by atoms with van der Waals surface area (Å²) in [6.45, 7) is 1.01. The molecule has 0 radical (unpaired) electrons. The Kier molecular flexibility index (Phi) is 9.81. The molecule has 1 aliphatic heterocycles. The minimum atomic E-state index is -3.81. The van der Waals surface area contributed by atoms with E-state index in [0.717, 1.165) is 46.4 Å². The molecule has 2 fully saturated rings. The van der Waals surface area contributed by atoms with Gasteiger partial charge in [0.15, 0.2) is 0 Å². The largest absolute Gasteiger partial charge is 0.396 e. The van der Waals surface area contributed by atoms with Gasteiger partial charge in [-0.15, -0.1) is 0 Å². The van der Waals surface area contributed by atoms with Crippen molar-refractivity contribution in [1.29, 1.82) is 0 Å². The van der Waals surface area contributed by atoms with Crippen LogP contribution in [0.4, 0.5) is 0 Å². The van der Waals surface area contributed by atoms with Crippen molar-refractivity contribution in [2.75, 3.05) is 26.2 Å². The molecule has 49 heavy (non-hydrogen) atoms. The fourth-order valence-corrected chi connectivity index (χ4v) is 8.65. The highest BCUT2D eigenvalue weighted by molar-refractivity contribution is 7.89. The Hall–Kier alpha value is -3.73. The predicted octanol–water partition coefficient (Wildman–Crippen LogP) is 7.54. The Morgan fingerprint density at radius 1 is 0.857 bits per heavy atom. The number of hydrogen-bond donors (Lipinski definition) is 2. The van der Waals surface area contributed by atoms with E-state index >= 15 is 0 Å². The van der Waals surface area contributed by atoms with Crippen molar-refractivity contribution >= 4 is 50.2 Å². The molecule has 1 aromatic heterocycles. The Morgan fingerprint density at radius 2 is 1.49 bits per heavy atom. The molecule has 1 saturated heterocycles. The number of halogens is 2. The maximum atomic E-state index is 13.8. The molecule has 11 heteroatoms. The zero-order valence-electron chi connectivity index (χ0n) is 26.9. The van der Waals surface area contributed by atoms with E-state index in [1.165, 1.54) is 10.4 Å². The summed E-state index contributed by atoms with van der Waals surface area (Å²) >= 11 is 12.5. The smallest absolute Gasteiger partial charge is 0.251 e. The molecule has 7 rings (SSSR count). The summed E-state index contributed by atoms with van der Waals surface area (Å²) in [6, 6.07) is 28.7. The number of aliphatic hydroxyl groups is 1. The lowest BCUT2D eigenvalue weighted by Gasteiger charge is -2.33. The molecule has 2 aliphatic rings. The highest BCUT2D eigenvalue weighted by Gasteiger charge is 2.36. The third-order valence-corrected chi connectivity index (χ3v) is 12.0. The summed E-state index contributed by atoms with van der Waals surface area (Å²) in [7, 11) is -3.81. The van der Waals surface area contributed by atoms with Crippen molar-refractivity contribution in [3.63, 3.8) is 0 Å². The van der Waals surface area contributed by atoms with Gasteiger partial charge in [0.1, 0.15) is 5.82 Å². The Labute approximate surface area is 296 Å². The van der Waals surface area contributed by atoms with Crippen LogP contribution in [0.1, 0.15) is 82.9 Å². The maximum Gasteiger partial charge on any atom is 0.251 e. The third kappa shape index (κ3) is 7.14. The van der Waals surface area contributed by atoms with Crippen LogP contribution >= 0.6 is 23.2 Å². The monoisotopic (exact) mass is 716 g/mol. The molecule has 254 valence electrons. The van der Waals surface area contributed by atoms with Gasteiger partial charge in [-0.2, -0.15) is 4.31 Å². The number of hydrogen-bond acceptors (Lipinski definition) is 5. The Bertz CT molecular complexity index is 2030. The Balaban J connectivity index is 1.18. The summed E-state index contributed by atoms with van der Waals surface area (Å²) in [6.07, 6.45) is 3.93. The third-order valence-electron chi connectivity index (χ3n) is 9.57. The van der Waals surface area contributed by atoms with Gasteiger partial charge in [0, 0.05) is 59.7 Å². The quantitative estimate of drug-likeness (QED) is 0.109. The van der Waals surface area contributed by atoms with Gasteiger partial charge in [-0.3, -0.25) is 4.79 Å². The number of aromatic nitrogens is 2. The average Bonchev–Trinajstić information content (AvgIpc) is 3.90. The number of amides is 1. The second-order valence-corrected chi connectivity index (χ2v) is 15.7. The van der Waals surface area contributed by atoms with Crippen molar-refractivity contribution < 1.29 is 18.3 Å².